The molecule has 1 saturated heterocycles. The molecule has 0 aliphatic carbocycles. The van der Waals surface area contributed by atoms with Crippen LogP contribution in [0.3, 0.4) is 0 Å². The lowest BCUT2D eigenvalue weighted by Gasteiger charge is -2.21. The average Bonchev–Trinajstić information content (AvgIpc) is 2.84. The molecule has 1 unspecified atom stereocenters. The molecular formula is C20H15ClN2O2. The highest BCUT2D eigenvalue weighted by Gasteiger charge is 2.44. The van der Waals surface area contributed by atoms with Gasteiger partial charge < -0.3 is 0 Å². The second-order valence-electron chi connectivity index (χ2n) is 5.98. The molecule has 0 spiro atoms. The van der Waals surface area contributed by atoms with Crippen LogP contribution in [0.5, 0.6) is 0 Å². The number of benzene rings is 3. The zero-order chi connectivity index (χ0) is 17.6. The van der Waals surface area contributed by atoms with E-state index >= 15 is 0 Å². The predicted molar refractivity (Wildman–Crippen MR) is 100 cm³/mol. The number of halogens is 1. The van der Waals surface area contributed by atoms with Crippen LogP contribution in [0, 0.1) is 0 Å². The Morgan fingerprint density at radius 1 is 0.920 bits per heavy atom. The van der Waals surface area contributed by atoms with Crippen molar-refractivity contribution in [1.29, 1.82) is 0 Å². The number of amides is 3. The largest absolute Gasteiger partial charge is 0.336 e. The third kappa shape index (κ3) is 2.46. The second kappa shape index (κ2) is 5.90. The molecule has 3 aromatic rings. The van der Waals surface area contributed by atoms with E-state index in [1.807, 2.05) is 42.5 Å². The van der Waals surface area contributed by atoms with Crippen LogP contribution in [0.15, 0.2) is 66.7 Å². The Labute approximate surface area is 150 Å². The number of nitrogens with zero attached hydrogens (tertiary/aromatic N) is 2. The summed E-state index contributed by atoms with van der Waals surface area (Å²) in [6.07, 6.45) is 0. The van der Waals surface area contributed by atoms with Crippen molar-refractivity contribution in [3.63, 3.8) is 0 Å². The minimum Gasteiger partial charge on any atom is -0.281 e. The normalized spacial score (nSPS) is 17.6. The van der Waals surface area contributed by atoms with Crippen LogP contribution in [0.1, 0.15) is 6.92 Å². The van der Waals surface area contributed by atoms with Crippen molar-refractivity contribution in [2.24, 2.45) is 0 Å². The second-order valence-corrected chi connectivity index (χ2v) is 6.42. The average molecular weight is 351 g/mol. The van der Waals surface area contributed by atoms with Crippen molar-refractivity contribution in [2.45, 2.75) is 13.0 Å². The van der Waals surface area contributed by atoms with Gasteiger partial charge in [0.05, 0.1) is 11.4 Å². The lowest BCUT2D eigenvalue weighted by molar-refractivity contribution is -0.117. The molecule has 1 aliphatic rings. The standard InChI is InChI=1S/C20H15ClN2O2/c1-13-19(24)23(16-9-5-8-15(21)12-16)20(25)22(13)18-11-4-7-14-6-2-3-10-17(14)18/h2-13H,1H3. The van der Waals surface area contributed by atoms with Crippen LogP contribution in [-0.4, -0.2) is 18.0 Å². The van der Waals surface area contributed by atoms with Crippen molar-refractivity contribution in [2.75, 3.05) is 9.80 Å². The summed E-state index contributed by atoms with van der Waals surface area (Å²) in [6.45, 7) is 1.74. The summed E-state index contributed by atoms with van der Waals surface area (Å²) >= 11 is 6.02. The minimum atomic E-state index is -0.586. The number of hydrogen-bond donors (Lipinski definition) is 0. The molecule has 0 N–H and O–H groups in total. The van der Waals surface area contributed by atoms with E-state index in [2.05, 4.69) is 0 Å². The maximum Gasteiger partial charge on any atom is 0.336 e. The summed E-state index contributed by atoms with van der Waals surface area (Å²) in [7, 11) is 0. The lowest BCUT2D eigenvalue weighted by atomic mass is 10.1. The Morgan fingerprint density at radius 3 is 2.44 bits per heavy atom. The number of anilines is 2. The molecule has 1 heterocycles. The molecule has 1 atom stereocenters. The van der Waals surface area contributed by atoms with Crippen LogP contribution in [0.4, 0.5) is 16.2 Å². The number of hydrogen-bond acceptors (Lipinski definition) is 2. The molecule has 4 rings (SSSR count). The highest BCUT2D eigenvalue weighted by atomic mass is 35.5. The van der Waals surface area contributed by atoms with Gasteiger partial charge in [-0.2, -0.15) is 0 Å². The molecule has 0 radical (unpaired) electrons. The summed E-state index contributed by atoms with van der Waals surface area (Å²) in [6, 6.07) is 19.4. The van der Waals surface area contributed by atoms with Gasteiger partial charge in [0, 0.05) is 10.4 Å². The quantitative estimate of drug-likeness (QED) is 0.619. The van der Waals surface area contributed by atoms with Crippen molar-refractivity contribution >= 4 is 45.7 Å². The van der Waals surface area contributed by atoms with Gasteiger partial charge in [-0.3, -0.25) is 9.69 Å². The van der Waals surface area contributed by atoms with E-state index in [1.54, 1.807) is 36.1 Å². The van der Waals surface area contributed by atoms with Gasteiger partial charge in [0.15, 0.2) is 0 Å². The first-order chi connectivity index (χ1) is 12.1. The summed E-state index contributed by atoms with van der Waals surface area (Å²) in [5.41, 5.74) is 1.21. The number of fused-ring (bicyclic) bond motifs is 1. The highest BCUT2D eigenvalue weighted by Crippen LogP contribution is 2.34. The molecule has 0 bridgehead atoms. The summed E-state index contributed by atoms with van der Waals surface area (Å²) in [5, 5.41) is 2.44. The van der Waals surface area contributed by atoms with Gasteiger partial charge in [0.25, 0.3) is 5.91 Å². The SMILES string of the molecule is CC1C(=O)N(c2cccc(Cl)c2)C(=O)N1c1cccc2ccccc12. The molecule has 1 fully saturated rings. The Hall–Kier alpha value is -2.85. The van der Waals surface area contributed by atoms with Crippen molar-refractivity contribution in [1.82, 2.24) is 0 Å². The molecule has 124 valence electrons. The number of carbonyl (C=O) groups is 2. The summed E-state index contributed by atoms with van der Waals surface area (Å²) < 4.78 is 0. The molecule has 3 amide bonds. The van der Waals surface area contributed by atoms with Gasteiger partial charge in [-0.05, 0) is 36.6 Å². The molecule has 5 heteroatoms. The van der Waals surface area contributed by atoms with Gasteiger partial charge in [0.2, 0.25) is 0 Å². The van der Waals surface area contributed by atoms with Gasteiger partial charge >= 0.3 is 6.03 Å². The van der Waals surface area contributed by atoms with E-state index in [9.17, 15) is 9.59 Å². The van der Waals surface area contributed by atoms with E-state index < -0.39 is 6.04 Å². The van der Waals surface area contributed by atoms with Gasteiger partial charge in [-0.25, -0.2) is 9.69 Å². The predicted octanol–water partition coefficient (Wildman–Crippen LogP) is 4.85. The third-order valence-electron chi connectivity index (χ3n) is 4.46. The fraction of sp³-hybridized carbons (Fsp3) is 0.100. The van der Waals surface area contributed by atoms with Crippen LogP contribution >= 0.6 is 11.6 Å². The first kappa shape index (κ1) is 15.7. The lowest BCUT2D eigenvalue weighted by Crippen LogP contribution is -2.34. The number of imide groups is 1. The van der Waals surface area contributed by atoms with Crippen molar-refractivity contribution < 1.29 is 9.59 Å². The summed E-state index contributed by atoms with van der Waals surface area (Å²) in [5.74, 6) is -0.264. The van der Waals surface area contributed by atoms with Crippen molar-refractivity contribution in [3.05, 3.63) is 71.8 Å². The Kier molecular flexibility index (Phi) is 3.70. The van der Waals surface area contributed by atoms with E-state index in [-0.39, 0.29) is 11.9 Å². The molecular weight excluding hydrogens is 336 g/mol. The molecule has 0 aromatic heterocycles. The Morgan fingerprint density at radius 2 is 1.64 bits per heavy atom. The Bertz CT molecular complexity index is 996. The van der Waals surface area contributed by atoms with E-state index in [0.717, 1.165) is 16.5 Å². The number of rotatable bonds is 2. The summed E-state index contributed by atoms with van der Waals surface area (Å²) in [4.78, 5) is 28.6. The van der Waals surface area contributed by atoms with Crippen LogP contribution < -0.4 is 9.80 Å². The Balaban J connectivity index is 1.83. The van der Waals surface area contributed by atoms with E-state index in [0.29, 0.717) is 10.7 Å². The fourth-order valence-electron chi connectivity index (χ4n) is 3.25. The molecule has 0 saturated carbocycles. The molecule has 25 heavy (non-hydrogen) atoms. The monoisotopic (exact) mass is 350 g/mol. The molecule has 4 nitrogen and oxygen atoms in total. The fourth-order valence-corrected chi connectivity index (χ4v) is 3.43. The zero-order valence-corrected chi connectivity index (χ0v) is 14.3. The first-order valence-electron chi connectivity index (χ1n) is 7.98. The van der Waals surface area contributed by atoms with Gasteiger partial charge in [-0.1, -0.05) is 54.1 Å². The topological polar surface area (TPSA) is 40.6 Å². The molecule has 1 aliphatic heterocycles. The number of urea groups is 1. The maximum absolute atomic E-state index is 13.1. The van der Waals surface area contributed by atoms with Gasteiger partial charge in [-0.15, -0.1) is 0 Å². The van der Waals surface area contributed by atoms with E-state index in [1.165, 1.54) is 4.90 Å². The highest BCUT2D eigenvalue weighted by molar-refractivity contribution is 6.32. The minimum absolute atomic E-state index is 0.264. The zero-order valence-electron chi connectivity index (χ0n) is 13.5. The van der Waals surface area contributed by atoms with Crippen LogP contribution in [0.2, 0.25) is 5.02 Å². The van der Waals surface area contributed by atoms with Crippen molar-refractivity contribution in [3.8, 4) is 0 Å². The maximum atomic E-state index is 13.1. The molecule has 3 aromatic carbocycles. The van der Waals surface area contributed by atoms with Gasteiger partial charge in [0.1, 0.15) is 6.04 Å². The van der Waals surface area contributed by atoms with E-state index in [4.69, 9.17) is 11.6 Å². The van der Waals surface area contributed by atoms with Crippen LogP contribution in [-0.2, 0) is 4.79 Å². The first-order valence-corrected chi connectivity index (χ1v) is 8.36. The number of carbonyl (C=O) groups excluding carboxylic acids is 2. The third-order valence-corrected chi connectivity index (χ3v) is 4.69. The van der Waals surface area contributed by atoms with Crippen LogP contribution in [0.25, 0.3) is 10.8 Å². The smallest absolute Gasteiger partial charge is 0.281 e.